The van der Waals surface area contributed by atoms with Gasteiger partial charge >= 0.3 is 0 Å². The third-order valence-electron chi connectivity index (χ3n) is 3.92. The van der Waals surface area contributed by atoms with E-state index < -0.39 is 0 Å². The van der Waals surface area contributed by atoms with E-state index >= 15 is 0 Å². The van der Waals surface area contributed by atoms with Gasteiger partial charge in [-0.05, 0) is 24.7 Å². The number of halogens is 1. The van der Waals surface area contributed by atoms with Crippen molar-refractivity contribution in [2.45, 2.75) is 19.4 Å². The number of piperazine rings is 1. The Kier molecular flexibility index (Phi) is 6.30. The summed E-state index contributed by atoms with van der Waals surface area (Å²) < 4.78 is 5.38. The summed E-state index contributed by atoms with van der Waals surface area (Å²) in [5, 5.41) is 10.2. The maximum Gasteiger partial charge on any atom is 0.231 e. The van der Waals surface area contributed by atoms with Gasteiger partial charge in [0, 0.05) is 32.2 Å². The molecule has 0 spiro atoms. The van der Waals surface area contributed by atoms with Crippen LogP contribution in [0.4, 0.5) is 5.69 Å². The third kappa shape index (κ3) is 4.53. The highest BCUT2D eigenvalue weighted by Gasteiger charge is 2.25. The first-order valence-corrected chi connectivity index (χ1v) is 7.72. The van der Waals surface area contributed by atoms with Crippen LogP contribution < -0.4 is 10.6 Å². The Hall–Kier alpha value is -1.96. The van der Waals surface area contributed by atoms with Crippen LogP contribution in [0.25, 0.3) is 0 Å². The zero-order chi connectivity index (χ0) is 16.2. The molecule has 8 heteroatoms. The first kappa shape index (κ1) is 18.4. The first-order valence-electron chi connectivity index (χ1n) is 7.72. The average Bonchev–Trinajstić information content (AvgIpc) is 2.97. The number of carbonyl (C=O) groups excluding carboxylic acids is 1. The number of likely N-dealkylation sites (N-methyl/N-ethyl adjacent to an activating group) is 1. The summed E-state index contributed by atoms with van der Waals surface area (Å²) in [6.45, 7) is 4.28. The van der Waals surface area contributed by atoms with E-state index in [-0.39, 0.29) is 24.4 Å². The molecule has 1 atom stereocenters. The predicted octanol–water partition coefficient (Wildman–Crippen LogP) is 1.62. The summed E-state index contributed by atoms with van der Waals surface area (Å²) in [6.07, 6.45) is 0.581. The second kappa shape index (κ2) is 8.23. The minimum absolute atomic E-state index is 0. The number of hydrogen-bond acceptors (Lipinski definition) is 6. The Bertz CT molecular complexity index is 673. The quantitative estimate of drug-likeness (QED) is 0.870. The van der Waals surface area contributed by atoms with Gasteiger partial charge < -0.3 is 15.2 Å². The molecule has 1 unspecified atom stereocenters. The van der Waals surface area contributed by atoms with Crippen LogP contribution in [-0.4, -0.2) is 47.6 Å². The van der Waals surface area contributed by atoms with Crippen molar-refractivity contribution in [3.05, 3.63) is 41.5 Å². The summed E-state index contributed by atoms with van der Waals surface area (Å²) in [4.78, 5) is 17.8. The zero-order valence-electron chi connectivity index (χ0n) is 13.8. The molecule has 1 saturated heterocycles. The molecule has 24 heavy (non-hydrogen) atoms. The Morgan fingerprint density at radius 1 is 1.42 bits per heavy atom. The molecule has 1 aromatic heterocycles. The number of benzene rings is 1. The van der Waals surface area contributed by atoms with E-state index in [9.17, 15) is 4.79 Å². The second-order valence-corrected chi connectivity index (χ2v) is 5.80. The van der Waals surface area contributed by atoms with Crippen LogP contribution in [0.3, 0.4) is 0 Å². The Labute approximate surface area is 147 Å². The lowest BCUT2D eigenvalue weighted by atomic mass is 10.1. The summed E-state index contributed by atoms with van der Waals surface area (Å²) >= 11 is 0. The standard InChI is InChI=1S/C16H21N5O2.ClH/c1-11(22)18-13-5-3-12(4-6-13)9-15-19-16(20-23-15)14-10-17-7-8-21(14)2;/h3-6,14,17H,7-10H2,1-2H3,(H,18,22);1H. The minimum atomic E-state index is -0.0792. The van der Waals surface area contributed by atoms with Crippen molar-refractivity contribution < 1.29 is 9.32 Å². The van der Waals surface area contributed by atoms with Crippen LogP contribution in [-0.2, 0) is 11.2 Å². The fourth-order valence-corrected chi connectivity index (χ4v) is 2.65. The minimum Gasteiger partial charge on any atom is -0.339 e. The van der Waals surface area contributed by atoms with Crippen LogP contribution >= 0.6 is 12.4 Å². The second-order valence-electron chi connectivity index (χ2n) is 5.80. The number of rotatable bonds is 4. The van der Waals surface area contributed by atoms with Crippen LogP contribution in [0, 0.1) is 0 Å². The van der Waals surface area contributed by atoms with Gasteiger partial charge in [-0.15, -0.1) is 12.4 Å². The molecule has 3 rings (SSSR count). The number of anilines is 1. The van der Waals surface area contributed by atoms with E-state index in [4.69, 9.17) is 4.52 Å². The van der Waals surface area contributed by atoms with Gasteiger partial charge in [0.2, 0.25) is 11.8 Å². The van der Waals surface area contributed by atoms with Gasteiger partial charge in [0.1, 0.15) is 0 Å². The van der Waals surface area contributed by atoms with Gasteiger partial charge in [-0.2, -0.15) is 4.98 Å². The zero-order valence-corrected chi connectivity index (χ0v) is 14.6. The molecule has 2 N–H and O–H groups in total. The van der Waals surface area contributed by atoms with Crippen molar-refractivity contribution >= 4 is 24.0 Å². The van der Waals surface area contributed by atoms with E-state index in [1.54, 1.807) is 0 Å². The van der Waals surface area contributed by atoms with Crippen molar-refractivity contribution in [2.75, 3.05) is 32.0 Å². The maximum absolute atomic E-state index is 11.0. The summed E-state index contributed by atoms with van der Waals surface area (Å²) in [6, 6.07) is 7.79. The molecule has 7 nitrogen and oxygen atoms in total. The third-order valence-corrected chi connectivity index (χ3v) is 3.92. The average molecular weight is 352 g/mol. The molecule has 0 aliphatic carbocycles. The lowest BCUT2D eigenvalue weighted by Crippen LogP contribution is -2.44. The summed E-state index contributed by atoms with van der Waals surface area (Å²) in [5.41, 5.74) is 1.84. The molecule has 2 aromatic rings. The summed E-state index contributed by atoms with van der Waals surface area (Å²) in [5.74, 6) is 1.25. The van der Waals surface area contributed by atoms with Crippen LogP contribution in [0.2, 0.25) is 0 Å². The van der Waals surface area contributed by atoms with Crippen molar-refractivity contribution in [1.29, 1.82) is 0 Å². The number of nitrogens with one attached hydrogen (secondary N) is 2. The van der Waals surface area contributed by atoms with Crippen molar-refractivity contribution in [3.63, 3.8) is 0 Å². The van der Waals surface area contributed by atoms with Gasteiger partial charge in [-0.1, -0.05) is 17.3 Å². The molecule has 2 heterocycles. The lowest BCUT2D eigenvalue weighted by Gasteiger charge is -2.30. The molecular weight excluding hydrogens is 330 g/mol. The van der Waals surface area contributed by atoms with Gasteiger partial charge in [-0.25, -0.2) is 0 Å². The van der Waals surface area contributed by atoms with E-state index in [1.165, 1.54) is 6.92 Å². The number of amides is 1. The predicted molar refractivity (Wildman–Crippen MR) is 93.3 cm³/mol. The molecule has 1 aromatic carbocycles. The smallest absolute Gasteiger partial charge is 0.231 e. The molecular formula is C16H22ClN5O2. The van der Waals surface area contributed by atoms with Gasteiger partial charge in [0.05, 0.1) is 12.5 Å². The normalized spacial score (nSPS) is 18.0. The van der Waals surface area contributed by atoms with Crippen molar-refractivity contribution in [1.82, 2.24) is 20.4 Å². The highest BCUT2D eigenvalue weighted by molar-refractivity contribution is 5.88. The molecule has 0 radical (unpaired) electrons. The molecule has 0 bridgehead atoms. The SMILES string of the molecule is CC(=O)Nc1ccc(Cc2nc(C3CNCCN3C)no2)cc1.Cl. The number of carbonyl (C=O) groups is 1. The van der Waals surface area contributed by atoms with E-state index in [0.717, 1.165) is 36.7 Å². The monoisotopic (exact) mass is 351 g/mol. The Morgan fingerprint density at radius 2 is 2.17 bits per heavy atom. The van der Waals surface area contributed by atoms with Crippen LogP contribution in [0.1, 0.15) is 30.2 Å². The fourth-order valence-electron chi connectivity index (χ4n) is 2.65. The highest BCUT2D eigenvalue weighted by Crippen LogP contribution is 2.19. The number of aromatic nitrogens is 2. The molecule has 1 fully saturated rings. The van der Waals surface area contributed by atoms with Crippen molar-refractivity contribution in [3.8, 4) is 0 Å². The fraction of sp³-hybridized carbons (Fsp3) is 0.438. The Morgan fingerprint density at radius 3 is 2.83 bits per heavy atom. The molecule has 1 aliphatic heterocycles. The van der Waals surface area contributed by atoms with E-state index in [2.05, 4.69) is 32.7 Å². The molecule has 0 saturated carbocycles. The number of nitrogens with zero attached hydrogens (tertiary/aromatic N) is 3. The highest BCUT2D eigenvalue weighted by atomic mass is 35.5. The van der Waals surface area contributed by atoms with Crippen LogP contribution in [0.15, 0.2) is 28.8 Å². The van der Waals surface area contributed by atoms with Gasteiger partial charge in [0.15, 0.2) is 5.82 Å². The topological polar surface area (TPSA) is 83.3 Å². The van der Waals surface area contributed by atoms with E-state index in [0.29, 0.717) is 12.3 Å². The van der Waals surface area contributed by atoms with Gasteiger partial charge in [-0.3, -0.25) is 9.69 Å². The largest absolute Gasteiger partial charge is 0.339 e. The van der Waals surface area contributed by atoms with Crippen molar-refractivity contribution in [2.24, 2.45) is 0 Å². The molecule has 1 amide bonds. The van der Waals surface area contributed by atoms with E-state index in [1.807, 2.05) is 24.3 Å². The summed E-state index contributed by atoms with van der Waals surface area (Å²) in [7, 11) is 2.07. The van der Waals surface area contributed by atoms with Crippen LogP contribution in [0.5, 0.6) is 0 Å². The lowest BCUT2D eigenvalue weighted by molar-refractivity contribution is -0.114. The number of hydrogen-bond donors (Lipinski definition) is 2. The molecule has 1 aliphatic rings. The molecule has 130 valence electrons. The first-order chi connectivity index (χ1) is 11.1. The van der Waals surface area contributed by atoms with Gasteiger partial charge in [0.25, 0.3) is 0 Å². The maximum atomic E-state index is 11.0. The Balaban J connectivity index is 0.00000208.